The summed E-state index contributed by atoms with van der Waals surface area (Å²) >= 11 is 1.63. The molecule has 7 aromatic heterocycles. The molecule has 1 amide bonds. The number of carbonyl (C=O) groups is 1. The average molecular weight is 657 g/mol. The zero-order chi connectivity index (χ0) is 32.4. The van der Waals surface area contributed by atoms with Gasteiger partial charge in [0, 0.05) is 10.5 Å². The van der Waals surface area contributed by atoms with Gasteiger partial charge < -0.3 is 36.2 Å². The molecule has 0 aromatic carbocycles. The standard InChI is InChI=1S/C30H24N8O8S/c1-12-20-28-36-18(10-44-28)26-35-17(9-43-26)25-34-16(8-42-25)24-33-15(7-41-24)23-32-14(6-40-23)22(39)31-19(11-47-30(3,4)5)27-37-21(13(2)45-27)29(38-20)46-12/h6-10,19H,11H2,1-5H3,(H,31,39)/t19-/m1/s1. The first-order chi connectivity index (χ1) is 22.6. The number of aromatic nitrogens is 7. The number of amides is 1. The number of aryl methyl sites for hydroxylation is 2. The van der Waals surface area contributed by atoms with Gasteiger partial charge in [0.15, 0.2) is 39.9 Å². The minimum Gasteiger partial charge on any atom is -0.443 e. The SMILES string of the molecule is Cc1oc2nc1-c1nc(co1)-c1nc(co1)-c1nc(co1)-c1nc(co1)-c1nc(co1)C(=O)N[C@H](CSC(C)(C)C)c1nc-2c(C)o1. The second kappa shape index (κ2) is 10.7. The molecule has 0 radical (unpaired) electrons. The third kappa shape index (κ3) is 5.33. The van der Waals surface area contributed by atoms with E-state index in [0.29, 0.717) is 40.0 Å². The summed E-state index contributed by atoms with van der Waals surface area (Å²) in [6, 6.07) is -0.639. The van der Waals surface area contributed by atoms with E-state index in [2.05, 4.69) is 56.0 Å². The Bertz CT molecular complexity index is 2260. The molecule has 0 unspecified atom stereocenters. The zero-order valence-corrected chi connectivity index (χ0v) is 26.3. The van der Waals surface area contributed by atoms with Crippen LogP contribution in [0, 0.1) is 13.8 Å². The summed E-state index contributed by atoms with van der Waals surface area (Å²) in [5.74, 6) is 2.00. The van der Waals surface area contributed by atoms with Crippen molar-refractivity contribution in [3.63, 3.8) is 0 Å². The van der Waals surface area contributed by atoms with Crippen LogP contribution in [0.5, 0.6) is 0 Å². The van der Waals surface area contributed by atoms with Crippen molar-refractivity contribution in [3.8, 4) is 69.5 Å². The number of hydrogen-bond acceptors (Lipinski definition) is 16. The van der Waals surface area contributed by atoms with E-state index in [1.165, 1.54) is 31.3 Å². The first-order valence-electron chi connectivity index (χ1n) is 14.3. The number of nitrogens with zero attached hydrogens (tertiary/aromatic N) is 7. The molecule has 14 bridgehead atoms. The van der Waals surface area contributed by atoms with Crippen molar-refractivity contribution in [2.75, 3.05) is 5.75 Å². The molecule has 0 aliphatic carbocycles. The Morgan fingerprint density at radius 3 is 1.62 bits per heavy atom. The van der Waals surface area contributed by atoms with E-state index in [1.54, 1.807) is 25.6 Å². The Morgan fingerprint density at radius 2 is 1.06 bits per heavy atom. The maximum atomic E-state index is 13.4. The van der Waals surface area contributed by atoms with Crippen molar-refractivity contribution >= 4 is 17.7 Å². The predicted octanol–water partition coefficient (Wildman–Crippen LogP) is 6.54. The Morgan fingerprint density at radius 1 is 0.617 bits per heavy atom. The lowest BCUT2D eigenvalue weighted by Gasteiger charge is -2.21. The third-order valence-electron chi connectivity index (χ3n) is 6.93. The van der Waals surface area contributed by atoms with Crippen LogP contribution < -0.4 is 5.32 Å². The Hall–Kier alpha value is -5.71. The van der Waals surface area contributed by atoms with Crippen molar-refractivity contribution in [2.24, 2.45) is 0 Å². The number of nitrogens with one attached hydrogen (secondary N) is 1. The summed E-state index contributed by atoms with van der Waals surface area (Å²) in [6.45, 7) is 9.70. The van der Waals surface area contributed by atoms with Crippen LogP contribution in [0.15, 0.2) is 62.2 Å². The number of hydrogen-bond donors (Lipinski definition) is 1. The summed E-state index contributed by atoms with van der Waals surface area (Å²) in [6.07, 6.45) is 6.70. The monoisotopic (exact) mass is 656 g/mol. The zero-order valence-electron chi connectivity index (χ0n) is 25.5. The van der Waals surface area contributed by atoms with E-state index in [-0.39, 0.29) is 63.1 Å². The first kappa shape index (κ1) is 28.7. The van der Waals surface area contributed by atoms with Gasteiger partial charge in [0.05, 0.1) is 0 Å². The summed E-state index contributed by atoms with van der Waals surface area (Å²) in [7, 11) is 0. The molecule has 238 valence electrons. The minimum atomic E-state index is -0.639. The molecule has 1 aliphatic rings. The number of carbonyl (C=O) groups excluding carboxylic acids is 1. The molecule has 1 N–H and O–H groups in total. The molecule has 0 saturated heterocycles. The van der Waals surface area contributed by atoms with Gasteiger partial charge in [-0.05, 0) is 13.8 Å². The lowest BCUT2D eigenvalue weighted by Crippen LogP contribution is -2.31. The van der Waals surface area contributed by atoms with Gasteiger partial charge in [-0.15, -0.1) is 0 Å². The average Bonchev–Trinajstić information content (AvgIpc) is 3.87. The maximum absolute atomic E-state index is 13.4. The van der Waals surface area contributed by atoms with E-state index in [9.17, 15) is 4.79 Å². The third-order valence-corrected chi connectivity index (χ3v) is 8.30. The highest BCUT2D eigenvalue weighted by Gasteiger charge is 2.29. The van der Waals surface area contributed by atoms with Crippen molar-refractivity contribution in [3.05, 3.63) is 54.4 Å². The van der Waals surface area contributed by atoms with Gasteiger partial charge in [-0.25, -0.2) is 34.9 Å². The van der Waals surface area contributed by atoms with Gasteiger partial charge in [0.25, 0.3) is 5.91 Å². The molecule has 8 rings (SSSR count). The van der Waals surface area contributed by atoms with E-state index >= 15 is 0 Å². The van der Waals surface area contributed by atoms with Crippen molar-refractivity contribution in [1.29, 1.82) is 0 Å². The van der Waals surface area contributed by atoms with E-state index < -0.39 is 11.9 Å². The van der Waals surface area contributed by atoms with Crippen LogP contribution >= 0.6 is 11.8 Å². The van der Waals surface area contributed by atoms with Crippen LogP contribution in [0.3, 0.4) is 0 Å². The number of oxazole rings is 7. The lowest BCUT2D eigenvalue weighted by molar-refractivity contribution is 0.0929. The maximum Gasteiger partial charge on any atom is 0.273 e. The smallest absolute Gasteiger partial charge is 0.273 e. The highest BCUT2D eigenvalue weighted by atomic mass is 32.2. The predicted molar refractivity (Wildman–Crippen MR) is 161 cm³/mol. The fraction of sp³-hybridized carbons (Fsp3) is 0.267. The highest BCUT2D eigenvalue weighted by Crippen LogP contribution is 2.35. The Balaban J connectivity index is 1.23. The summed E-state index contributed by atoms with van der Waals surface area (Å²) in [5.41, 5.74) is 1.90. The number of thioether (sulfide) groups is 1. The Labute approximate surface area is 268 Å². The molecule has 0 fully saturated rings. The Kier molecular flexibility index (Phi) is 6.54. The first-order valence-corrected chi connectivity index (χ1v) is 15.3. The topological polar surface area (TPSA) is 211 Å². The van der Waals surface area contributed by atoms with Crippen molar-refractivity contribution in [1.82, 2.24) is 40.2 Å². The van der Waals surface area contributed by atoms with Crippen molar-refractivity contribution < 1.29 is 35.7 Å². The summed E-state index contributed by atoms with van der Waals surface area (Å²) in [4.78, 5) is 44.9. The molecule has 8 heterocycles. The quantitative estimate of drug-likeness (QED) is 0.209. The molecule has 7 aromatic rings. The fourth-order valence-electron chi connectivity index (χ4n) is 4.65. The molecular formula is C30H24N8O8S. The molecule has 0 saturated carbocycles. The van der Waals surface area contributed by atoms with Gasteiger partial charge in [-0.2, -0.15) is 11.8 Å². The summed E-state index contributed by atoms with van der Waals surface area (Å²) in [5, 5.41) is 2.98. The minimum absolute atomic E-state index is 0.0251. The van der Waals surface area contributed by atoms with Gasteiger partial charge in [-0.3, -0.25) is 4.79 Å². The van der Waals surface area contributed by atoms with Gasteiger partial charge in [-0.1, -0.05) is 20.8 Å². The van der Waals surface area contributed by atoms with Crippen LogP contribution in [0.25, 0.3) is 69.5 Å². The van der Waals surface area contributed by atoms with Crippen LogP contribution in [0.1, 0.15) is 54.7 Å². The van der Waals surface area contributed by atoms with Crippen LogP contribution in [-0.4, -0.2) is 51.3 Å². The van der Waals surface area contributed by atoms with E-state index in [1.807, 2.05) is 0 Å². The van der Waals surface area contributed by atoms with Crippen molar-refractivity contribution in [2.45, 2.75) is 45.4 Å². The molecule has 1 aliphatic heterocycles. The second-order valence-corrected chi connectivity index (χ2v) is 13.4. The van der Waals surface area contributed by atoms with Crippen LogP contribution in [0.4, 0.5) is 0 Å². The number of rotatable bonds is 2. The lowest BCUT2D eigenvalue weighted by atomic mass is 10.3. The molecular weight excluding hydrogens is 632 g/mol. The largest absolute Gasteiger partial charge is 0.443 e. The second-order valence-electron chi connectivity index (χ2n) is 11.5. The van der Waals surface area contributed by atoms with E-state index in [0.717, 1.165) is 0 Å². The fourth-order valence-corrected chi connectivity index (χ4v) is 5.54. The molecule has 47 heavy (non-hydrogen) atoms. The van der Waals surface area contributed by atoms with Gasteiger partial charge in [0.1, 0.15) is 48.9 Å². The number of fused-ring (bicyclic) bond motifs is 20. The molecule has 16 nitrogen and oxygen atoms in total. The van der Waals surface area contributed by atoms with Gasteiger partial charge >= 0.3 is 0 Å². The molecule has 17 heteroatoms. The molecule has 1 atom stereocenters. The normalized spacial score (nSPS) is 14.7. The summed E-state index contributed by atoms with van der Waals surface area (Å²) < 4.78 is 40.1. The van der Waals surface area contributed by atoms with E-state index in [4.69, 9.17) is 35.9 Å². The highest BCUT2D eigenvalue weighted by molar-refractivity contribution is 8.00. The molecule has 0 spiro atoms. The van der Waals surface area contributed by atoms with Gasteiger partial charge in [0.2, 0.25) is 41.2 Å². The van der Waals surface area contributed by atoms with Crippen LogP contribution in [0.2, 0.25) is 0 Å². The van der Waals surface area contributed by atoms with Crippen LogP contribution in [-0.2, 0) is 0 Å².